The van der Waals surface area contributed by atoms with E-state index in [1.54, 1.807) is 7.11 Å². The summed E-state index contributed by atoms with van der Waals surface area (Å²) in [5.74, 6) is 1.39. The van der Waals surface area contributed by atoms with Gasteiger partial charge in [0.1, 0.15) is 10.8 Å². The zero-order valence-corrected chi connectivity index (χ0v) is 12.9. The van der Waals surface area contributed by atoms with Crippen LogP contribution in [0.5, 0.6) is 0 Å². The van der Waals surface area contributed by atoms with Gasteiger partial charge in [-0.1, -0.05) is 24.9 Å². The van der Waals surface area contributed by atoms with E-state index >= 15 is 0 Å². The molecule has 2 unspecified atom stereocenters. The highest BCUT2D eigenvalue weighted by Crippen LogP contribution is 2.42. The average Bonchev–Trinajstić information content (AvgIpc) is 2.47. The molecular weight excluding hydrogens is 276 g/mol. The van der Waals surface area contributed by atoms with Crippen LogP contribution in [-0.4, -0.2) is 23.7 Å². The predicted molar refractivity (Wildman–Crippen MR) is 76.7 cm³/mol. The molecule has 0 spiro atoms. The molecular formula is C15H21ClN2O2. The van der Waals surface area contributed by atoms with Crippen molar-refractivity contribution < 1.29 is 9.47 Å². The Bertz CT molecular complexity index is 509. The topological polar surface area (TPSA) is 44.2 Å². The van der Waals surface area contributed by atoms with Crippen molar-refractivity contribution in [2.24, 2.45) is 5.92 Å². The Morgan fingerprint density at radius 3 is 3.00 bits per heavy atom. The number of ether oxygens (including phenoxy) is 2. The third-order valence-corrected chi connectivity index (χ3v) is 4.84. The molecule has 1 aromatic heterocycles. The number of rotatable bonds is 2. The Hall–Kier alpha value is -0.710. The lowest BCUT2D eigenvalue weighted by Gasteiger charge is -2.38. The average molecular weight is 297 g/mol. The van der Waals surface area contributed by atoms with Crippen molar-refractivity contribution >= 4 is 11.6 Å². The summed E-state index contributed by atoms with van der Waals surface area (Å²) in [4.78, 5) is 9.31. The van der Waals surface area contributed by atoms with Gasteiger partial charge in [-0.3, -0.25) is 0 Å². The first-order chi connectivity index (χ1) is 9.64. The van der Waals surface area contributed by atoms with Crippen LogP contribution in [0, 0.1) is 5.92 Å². The number of aromatic nitrogens is 2. The van der Waals surface area contributed by atoms with Crippen molar-refractivity contribution in [3.8, 4) is 0 Å². The molecule has 4 nitrogen and oxygen atoms in total. The molecule has 2 heterocycles. The van der Waals surface area contributed by atoms with Crippen molar-refractivity contribution in [3.63, 3.8) is 0 Å². The highest BCUT2D eigenvalue weighted by Gasteiger charge is 2.40. The van der Waals surface area contributed by atoms with E-state index in [1.165, 1.54) is 6.42 Å². The van der Waals surface area contributed by atoms with Crippen LogP contribution in [0.4, 0.5) is 0 Å². The van der Waals surface area contributed by atoms with Crippen molar-refractivity contribution in [1.82, 2.24) is 9.97 Å². The number of methoxy groups -OCH3 is 1. The number of hydrogen-bond acceptors (Lipinski definition) is 4. The van der Waals surface area contributed by atoms with Crippen molar-refractivity contribution in [2.75, 3.05) is 13.7 Å². The second-order valence-electron chi connectivity index (χ2n) is 5.97. The molecule has 0 amide bonds. The third kappa shape index (κ3) is 2.45. The van der Waals surface area contributed by atoms with Gasteiger partial charge in [0.15, 0.2) is 5.82 Å². The van der Waals surface area contributed by atoms with Crippen LogP contribution < -0.4 is 0 Å². The normalized spacial score (nSPS) is 30.1. The summed E-state index contributed by atoms with van der Waals surface area (Å²) in [5.41, 5.74) is 1.60. The molecule has 1 saturated carbocycles. The lowest BCUT2D eigenvalue weighted by Crippen LogP contribution is -2.37. The summed E-state index contributed by atoms with van der Waals surface area (Å²) < 4.78 is 11.3. The first-order valence-electron chi connectivity index (χ1n) is 7.33. The molecule has 0 bridgehead atoms. The second kappa shape index (κ2) is 5.58. The molecule has 0 N–H and O–H groups in total. The zero-order valence-electron chi connectivity index (χ0n) is 12.1. The van der Waals surface area contributed by atoms with Crippen LogP contribution in [-0.2, 0) is 28.1 Å². The van der Waals surface area contributed by atoms with Gasteiger partial charge in [-0.2, -0.15) is 0 Å². The van der Waals surface area contributed by atoms with Crippen molar-refractivity contribution in [1.29, 1.82) is 0 Å². The molecule has 0 saturated heterocycles. The lowest BCUT2D eigenvalue weighted by molar-refractivity contribution is -0.0649. The molecule has 0 aromatic carbocycles. The lowest BCUT2D eigenvalue weighted by atomic mass is 9.78. The molecule has 1 fully saturated rings. The molecule has 110 valence electrons. The monoisotopic (exact) mass is 296 g/mol. The summed E-state index contributed by atoms with van der Waals surface area (Å²) in [6.45, 7) is 3.49. The van der Waals surface area contributed by atoms with Gasteiger partial charge < -0.3 is 9.47 Å². The fourth-order valence-electron chi connectivity index (χ4n) is 3.38. The first kappa shape index (κ1) is 14.2. The number of halogens is 1. The second-order valence-corrected chi connectivity index (χ2v) is 6.32. The van der Waals surface area contributed by atoms with Gasteiger partial charge in [0, 0.05) is 19.1 Å². The van der Waals surface area contributed by atoms with Crippen LogP contribution in [0.25, 0.3) is 0 Å². The molecule has 3 rings (SSSR count). The maximum absolute atomic E-state index is 6.34. The largest absolute Gasteiger partial charge is 0.376 e. The van der Waals surface area contributed by atoms with E-state index in [1.807, 2.05) is 0 Å². The minimum atomic E-state index is -0.366. The Kier molecular flexibility index (Phi) is 3.98. The highest BCUT2D eigenvalue weighted by atomic mass is 35.5. The van der Waals surface area contributed by atoms with Crippen LogP contribution in [0.2, 0.25) is 5.15 Å². The number of hydrogen-bond donors (Lipinski definition) is 0. The molecule has 1 aliphatic heterocycles. The van der Waals surface area contributed by atoms with Gasteiger partial charge in [0.25, 0.3) is 0 Å². The molecule has 5 heteroatoms. The van der Waals surface area contributed by atoms with E-state index in [-0.39, 0.29) is 5.60 Å². The maximum Gasteiger partial charge on any atom is 0.162 e. The fraction of sp³-hybridized carbons (Fsp3) is 0.733. The Morgan fingerprint density at radius 1 is 1.40 bits per heavy atom. The number of nitrogens with zero attached hydrogens (tertiary/aromatic N) is 2. The van der Waals surface area contributed by atoms with E-state index in [4.69, 9.17) is 26.1 Å². The third-order valence-electron chi connectivity index (χ3n) is 4.53. The van der Waals surface area contributed by atoms with Crippen molar-refractivity contribution in [2.45, 2.75) is 51.2 Å². The van der Waals surface area contributed by atoms with Gasteiger partial charge in [-0.15, -0.1) is 0 Å². The summed E-state index contributed by atoms with van der Waals surface area (Å²) in [6, 6.07) is 0. The van der Waals surface area contributed by atoms with Crippen LogP contribution in [0.15, 0.2) is 0 Å². The Labute approximate surface area is 124 Å². The molecule has 1 aliphatic carbocycles. The molecule has 0 radical (unpaired) electrons. The van der Waals surface area contributed by atoms with Crippen LogP contribution in [0.1, 0.15) is 49.7 Å². The summed E-state index contributed by atoms with van der Waals surface area (Å²) in [5, 5.41) is 0.527. The van der Waals surface area contributed by atoms with Gasteiger partial charge in [0.05, 0.1) is 18.9 Å². The molecule has 20 heavy (non-hydrogen) atoms. The Morgan fingerprint density at radius 2 is 2.25 bits per heavy atom. The minimum Gasteiger partial charge on any atom is -0.376 e. The molecule has 2 atom stereocenters. The zero-order chi connectivity index (χ0) is 14.2. The summed E-state index contributed by atoms with van der Waals surface area (Å²) in [6.07, 6.45) is 5.14. The summed E-state index contributed by atoms with van der Waals surface area (Å²) in [7, 11) is 1.76. The van der Waals surface area contributed by atoms with E-state index in [0.717, 1.165) is 42.8 Å². The van der Waals surface area contributed by atoms with Gasteiger partial charge in [-0.25, -0.2) is 9.97 Å². The maximum atomic E-state index is 6.34. The predicted octanol–water partition coefficient (Wildman–Crippen LogP) is 3.25. The molecule has 2 aliphatic rings. The van der Waals surface area contributed by atoms with E-state index in [2.05, 4.69) is 11.9 Å². The smallest absolute Gasteiger partial charge is 0.162 e. The minimum absolute atomic E-state index is 0.366. The molecule has 1 aromatic rings. The van der Waals surface area contributed by atoms with Gasteiger partial charge in [-0.05, 0) is 25.2 Å². The summed E-state index contributed by atoms with van der Waals surface area (Å²) >= 11 is 6.34. The van der Waals surface area contributed by atoms with Crippen LogP contribution >= 0.6 is 11.6 Å². The van der Waals surface area contributed by atoms with Gasteiger partial charge >= 0.3 is 0 Å². The SMILES string of the molecule is COC1(c2nc(Cl)c3c(n2)CCOC3)CCCC(C)C1. The standard InChI is InChI=1S/C15H21ClN2O2/c1-10-4-3-6-15(8-10,19-2)14-17-12-5-7-20-9-11(12)13(16)18-14/h10H,3-9H2,1-2H3. The van der Waals surface area contributed by atoms with Gasteiger partial charge in [0.2, 0.25) is 0 Å². The number of fused-ring (bicyclic) bond motifs is 1. The van der Waals surface area contributed by atoms with E-state index in [9.17, 15) is 0 Å². The van der Waals surface area contributed by atoms with Crippen LogP contribution in [0.3, 0.4) is 0 Å². The quantitative estimate of drug-likeness (QED) is 0.786. The van der Waals surface area contributed by atoms with E-state index in [0.29, 0.717) is 24.3 Å². The van der Waals surface area contributed by atoms with Crippen molar-refractivity contribution in [3.05, 3.63) is 22.2 Å². The Balaban J connectivity index is 2.01. The highest BCUT2D eigenvalue weighted by molar-refractivity contribution is 6.30. The van der Waals surface area contributed by atoms with E-state index < -0.39 is 0 Å². The first-order valence-corrected chi connectivity index (χ1v) is 7.71. The fourth-order valence-corrected chi connectivity index (χ4v) is 3.62.